The summed E-state index contributed by atoms with van der Waals surface area (Å²) in [7, 11) is 0. The molecule has 0 heterocycles. The molecule has 0 amide bonds. The second kappa shape index (κ2) is 18.4. The van der Waals surface area contributed by atoms with Crippen molar-refractivity contribution in [3.63, 3.8) is 0 Å². The Morgan fingerprint density at radius 1 is 1.00 bits per heavy atom. The molecular weight excluding hydrogens is 252 g/mol. The topological polar surface area (TPSA) is 0 Å². The van der Waals surface area contributed by atoms with Crippen LogP contribution >= 0.6 is 0 Å². The lowest BCUT2D eigenvalue weighted by Crippen LogP contribution is -1.89. The lowest BCUT2D eigenvalue weighted by atomic mass is 10.0. The quantitative estimate of drug-likeness (QED) is 0.386. The fourth-order valence-corrected chi connectivity index (χ4v) is 1.68. The average molecular weight is 291 g/mol. The maximum Gasteiger partial charge on any atom is -0.0238 e. The molecule has 0 aliphatic carbocycles. The van der Waals surface area contributed by atoms with E-state index in [0.717, 1.165) is 19.3 Å². The molecule has 0 aromatic heterocycles. The molecule has 0 spiro atoms. The zero-order chi connectivity index (χ0) is 13.8. The number of allylic oxidation sites excluding steroid dienone is 4. The Morgan fingerprint density at radius 3 is 1.95 bits per heavy atom. The van der Waals surface area contributed by atoms with E-state index in [4.69, 9.17) is 0 Å². The first-order valence-electron chi connectivity index (χ1n) is 6.61. The van der Waals surface area contributed by atoms with Crippen molar-refractivity contribution < 1.29 is 0 Å². The molecule has 1 rings (SSSR count). The zero-order valence-electron chi connectivity index (χ0n) is 12.1. The normalized spacial score (nSPS) is 8.33. The van der Waals surface area contributed by atoms with Gasteiger partial charge in [0.2, 0.25) is 0 Å². The van der Waals surface area contributed by atoms with Crippen LogP contribution < -0.4 is 0 Å². The molecule has 0 saturated carbocycles. The van der Waals surface area contributed by atoms with Gasteiger partial charge in [0.1, 0.15) is 0 Å². The van der Waals surface area contributed by atoms with Gasteiger partial charge in [-0.3, -0.25) is 0 Å². The molecule has 0 nitrogen and oxygen atoms in total. The summed E-state index contributed by atoms with van der Waals surface area (Å²) < 4.78 is 0. The minimum absolute atomic E-state index is 0. The Morgan fingerprint density at radius 2 is 1.52 bits per heavy atom. The lowest BCUT2D eigenvalue weighted by Gasteiger charge is -2.05. The maximum atomic E-state index is 3.00. The third-order valence-electron chi connectivity index (χ3n) is 2.72. The monoisotopic (exact) mass is 290 g/mol. The summed E-state index contributed by atoms with van der Waals surface area (Å²) >= 11 is 0. The third-order valence-corrected chi connectivity index (χ3v) is 2.72. The van der Waals surface area contributed by atoms with Crippen molar-refractivity contribution in [1.82, 2.24) is 0 Å². The van der Waals surface area contributed by atoms with Gasteiger partial charge in [-0.05, 0) is 44.2 Å². The standard InChI is InChI=1S/C16H22.C2H4.3CH4/c1-4-5-11-16(14(2)3)13-12-15-9-7-6-8-10-15;1-2;;;/h5-11H,4,12-13H2,1-3H3;1-2H2;3*1H4/b11-5-;;;;. The van der Waals surface area contributed by atoms with Crippen LogP contribution in [0.15, 0.2) is 66.8 Å². The Balaban J connectivity index is -0.000000276. The zero-order valence-corrected chi connectivity index (χ0v) is 12.1. The number of rotatable bonds is 5. The van der Waals surface area contributed by atoms with Gasteiger partial charge < -0.3 is 0 Å². The number of hydrogen-bond acceptors (Lipinski definition) is 0. The Kier molecular flexibility index (Phi) is 24.3. The van der Waals surface area contributed by atoms with E-state index >= 15 is 0 Å². The molecule has 0 aliphatic rings. The van der Waals surface area contributed by atoms with E-state index in [1.165, 1.54) is 16.7 Å². The summed E-state index contributed by atoms with van der Waals surface area (Å²) in [4.78, 5) is 0. The van der Waals surface area contributed by atoms with Crippen LogP contribution in [0.1, 0.15) is 61.5 Å². The van der Waals surface area contributed by atoms with Crippen molar-refractivity contribution in [3.8, 4) is 0 Å². The maximum absolute atomic E-state index is 3.00. The van der Waals surface area contributed by atoms with Crippen LogP contribution in [0.4, 0.5) is 0 Å². The predicted molar refractivity (Wildman–Crippen MR) is 104 cm³/mol. The molecule has 0 N–H and O–H groups in total. The first kappa shape index (κ1) is 27.7. The van der Waals surface area contributed by atoms with Crippen molar-refractivity contribution in [3.05, 3.63) is 72.4 Å². The van der Waals surface area contributed by atoms with Gasteiger partial charge in [-0.2, -0.15) is 0 Å². The second-order valence-electron chi connectivity index (χ2n) is 4.32. The number of aryl methyl sites for hydroxylation is 1. The van der Waals surface area contributed by atoms with Gasteiger partial charge in [-0.15, -0.1) is 13.2 Å². The minimum atomic E-state index is 0. The molecule has 0 heteroatoms. The Hall–Kier alpha value is -1.56. The van der Waals surface area contributed by atoms with Crippen molar-refractivity contribution in [2.45, 2.75) is 62.3 Å². The van der Waals surface area contributed by atoms with Crippen molar-refractivity contribution in [2.24, 2.45) is 0 Å². The predicted octanol–water partition coefficient (Wildman–Crippen LogP) is 7.63. The molecule has 1 aromatic rings. The van der Waals surface area contributed by atoms with Crippen molar-refractivity contribution in [1.29, 1.82) is 0 Å². The highest BCUT2D eigenvalue weighted by atomic mass is 14.0. The highest BCUT2D eigenvalue weighted by Gasteiger charge is 1.97. The summed E-state index contributed by atoms with van der Waals surface area (Å²) in [5, 5.41) is 0. The molecular formula is C21H38. The smallest absolute Gasteiger partial charge is 0.0238 e. The van der Waals surface area contributed by atoms with Crippen LogP contribution in [0.5, 0.6) is 0 Å². The summed E-state index contributed by atoms with van der Waals surface area (Å²) in [6.07, 6.45) is 7.91. The van der Waals surface area contributed by atoms with Gasteiger partial charge in [0.15, 0.2) is 0 Å². The van der Waals surface area contributed by atoms with Gasteiger partial charge in [-0.25, -0.2) is 0 Å². The third kappa shape index (κ3) is 13.2. The molecule has 0 unspecified atom stereocenters. The van der Waals surface area contributed by atoms with E-state index in [1.54, 1.807) is 0 Å². The van der Waals surface area contributed by atoms with Crippen LogP contribution in [0.25, 0.3) is 0 Å². The molecule has 0 aliphatic heterocycles. The average Bonchev–Trinajstić information content (AvgIpc) is 2.42. The van der Waals surface area contributed by atoms with Crippen molar-refractivity contribution in [2.75, 3.05) is 0 Å². The summed E-state index contributed by atoms with van der Waals surface area (Å²) in [5.74, 6) is 0. The summed E-state index contributed by atoms with van der Waals surface area (Å²) in [6, 6.07) is 10.7. The van der Waals surface area contributed by atoms with E-state index in [2.05, 4.69) is 76.4 Å². The fraction of sp³-hybridized carbons (Fsp3) is 0.429. The van der Waals surface area contributed by atoms with Gasteiger partial charge in [0.25, 0.3) is 0 Å². The number of hydrogen-bond donors (Lipinski definition) is 0. The number of benzene rings is 1. The summed E-state index contributed by atoms with van der Waals surface area (Å²) in [5.41, 5.74) is 4.33. The lowest BCUT2D eigenvalue weighted by molar-refractivity contribution is 0.946. The summed E-state index contributed by atoms with van der Waals surface area (Å²) in [6.45, 7) is 12.6. The van der Waals surface area contributed by atoms with Gasteiger partial charge in [-0.1, -0.05) is 77.3 Å². The highest BCUT2D eigenvalue weighted by Crippen LogP contribution is 2.14. The van der Waals surface area contributed by atoms with E-state index in [1.807, 2.05) is 0 Å². The first-order chi connectivity index (χ1) is 8.74. The van der Waals surface area contributed by atoms with Crippen LogP contribution in [-0.4, -0.2) is 0 Å². The molecule has 0 atom stereocenters. The van der Waals surface area contributed by atoms with Gasteiger partial charge >= 0.3 is 0 Å². The molecule has 122 valence electrons. The van der Waals surface area contributed by atoms with Crippen molar-refractivity contribution >= 4 is 0 Å². The molecule has 1 aromatic carbocycles. The molecule has 0 radical (unpaired) electrons. The Bertz CT molecular complexity index is 364. The second-order valence-corrected chi connectivity index (χ2v) is 4.32. The molecule has 0 bridgehead atoms. The van der Waals surface area contributed by atoms with Crippen LogP contribution in [0.2, 0.25) is 0 Å². The fourth-order valence-electron chi connectivity index (χ4n) is 1.68. The molecule has 21 heavy (non-hydrogen) atoms. The van der Waals surface area contributed by atoms with Gasteiger partial charge in [0, 0.05) is 0 Å². The van der Waals surface area contributed by atoms with Crippen LogP contribution in [-0.2, 0) is 6.42 Å². The Labute approximate surface area is 135 Å². The highest BCUT2D eigenvalue weighted by molar-refractivity contribution is 5.25. The van der Waals surface area contributed by atoms with E-state index < -0.39 is 0 Å². The molecule has 0 saturated heterocycles. The SMILES string of the molecule is C.C.C.C=C.CC/C=C\C(CCc1ccccc1)=C(C)C. The van der Waals surface area contributed by atoms with Crippen LogP contribution in [0.3, 0.4) is 0 Å². The minimum Gasteiger partial charge on any atom is -0.106 e. The largest absolute Gasteiger partial charge is 0.106 e. The molecule has 0 fully saturated rings. The van der Waals surface area contributed by atoms with E-state index in [9.17, 15) is 0 Å². The first-order valence-corrected chi connectivity index (χ1v) is 6.61. The van der Waals surface area contributed by atoms with Gasteiger partial charge in [0.05, 0.1) is 0 Å². The van der Waals surface area contributed by atoms with Crippen LogP contribution in [0, 0.1) is 0 Å². The van der Waals surface area contributed by atoms with E-state index in [-0.39, 0.29) is 22.3 Å². The van der Waals surface area contributed by atoms with E-state index in [0.29, 0.717) is 0 Å².